The van der Waals surface area contributed by atoms with E-state index in [2.05, 4.69) is 10.2 Å². The standard InChI is InChI=1S/C13H12F3N5/c14-13(15,16)12-19-18-10-8-20(6-7-21(10)12)11(17)9-4-2-1-3-5-9/h1-5,17H,6-8H2. The second kappa shape index (κ2) is 4.87. The molecule has 0 bridgehead atoms. The molecule has 2 heterocycles. The van der Waals surface area contributed by atoms with E-state index in [-0.39, 0.29) is 24.7 Å². The molecule has 0 saturated carbocycles. The van der Waals surface area contributed by atoms with Crippen molar-refractivity contribution in [3.05, 3.63) is 47.5 Å². The summed E-state index contributed by atoms with van der Waals surface area (Å²) in [5.41, 5.74) is 0.724. The molecule has 8 heteroatoms. The van der Waals surface area contributed by atoms with Gasteiger partial charge in [0.05, 0.1) is 6.54 Å². The smallest absolute Gasteiger partial charge is 0.347 e. The van der Waals surface area contributed by atoms with Gasteiger partial charge in [-0.15, -0.1) is 10.2 Å². The molecule has 0 atom stereocenters. The zero-order chi connectivity index (χ0) is 15.0. The highest BCUT2D eigenvalue weighted by molar-refractivity contribution is 5.96. The van der Waals surface area contributed by atoms with Gasteiger partial charge in [0.2, 0.25) is 5.82 Å². The third-order valence-corrected chi connectivity index (χ3v) is 3.37. The van der Waals surface area contributed by atoms with Crippen LogP contribution in [0.4, 0.5) is 13.2 Å². The molecule has 0 amide bonds. The van der Waals surface area contributed by atoms with Crippen LogP contribution in [0.15, 0.2) is 30.3 Å². The molecule has 0 unspecified atom stereocenters. The monoisotopic (exact) mass is 295 g/mol. The Kier molecular flexibility index (Phi) is 3.15. The van der Waals surface area contributed by atoms with Crippen LogP contribution < -0.4 is 0 Å². The molecule has 2 aromatic rings. The number of benzene rings is 1. The van der Waals surface area contributed by atoms with Crippen LogP contribution in [0.5, 0.6) is 0 Å². The zero-order valence-electron chi connectivity index (χ0n) is 10.9. The van der Waals surface area contributed by atoms with Crippen molar-refractivity contribution in [3.63, 3.8) is 0 Å². The fourth-order valence-electron chi connectivity index (χ4n) is 2.34. The largest absolute Gasteiger partial charge is 0.451 e. The molecule has 21 heavy (non-hydrogen) atoms. The van der Waals surface area contributed by atoms with E-state index in [4.69, 9.17) is 5.41 Å². The highest BCUT2D eigenvalue weighted by atomic mass is 19.4. The molecule has 1 aliphatic rings. The van der Waals surface area contributed by atoms with Gasteiger partial charge in [0, 0.05) is 18.7 Å². The topological polar surface area (TPSA) is 57.8 Å². The van der Waals surface area contributed by atoms with E-state index in [1.165, 1.54) is 0 Å². The van der Waals surface area contributed by atoms with Crippen LogP contribution in [0.2, 0.25) is 0 Å². The third kappa shape index (κ3) is 2.48. The van der Waals surface area contributed by atoms with E-state index in [9.17, 15) is 13.2 Å². The van der Waals surface area contributed by atoms with Crippen molar-refractivity contribution in [2.75, 3.05) is 6.54 Å². The number of nitrogens with one attached hydrogen (secondary N) is 1. The second-order valence-corrected chi connectivity index (χ2v) is 4.73. The first kappa shape index (κ1) is 13.6. The first-order valence-corrected chi connectivity index (χ1v) is 6.35. The maximum absolute atomic E-state index is 12.8. The van der Waals surface area contributed by atoms with E-state index in [0.29, 0.717) is 6.54 Å². The van der Waals surface area contributed by atoms with Gasteiger partial charge in [-0.3, -0.25) is 5.41 Å². The lowest BCUT2D eigenvalue weighted by Crippen LogP contribution is -2.39. The Morgan fingerprint density at radius 1 is 1.10 bits per heavy atom. The number of rotatable bonds is 1. The van der Waals surface area contributed by atoms with Gasteiger partial charge in [0.25, 0.3) is 0 Å². The van der Waals surface area contributed by atoms with Crippen molar-refractivity contribution >= 4 is 5.84 Å². The Hall–Kier alpha value is -2.38. The van der Waals surface area contributed by atoms with Gasteiger partial charge in [-0.05, 0) is 0 Å². The normalized spacial score (nSPS) is 14.9. The summed E-state index contributed by atoms with van der Waals surface area (Å²) >= 11 is 0. The van der Waals surface area contributed by atoms with Gasteiger partial charge in [-0.25, -0.2) is 0 Å². The Morgan fingerprint density at radius 3 is 2.48 bits per heavy atom. The molecule has 1 aromatic carbocycles. The Morgan fingerprint density at radius 2 is 1.81 bits per heavy atom. The SMILES string of the molecule is N=C(c1ccccc1)N1CCn2c(nnc2C(F)(F)F)C1. The van der Waals surface area contributed by atoms with Gasteiger partial charge < -0.3 is 9.47 Å². The van der Waals surface area contributed by atoms with E-state index in [0.717, 1.165) is 10.1 Å². The van der Waals surface area contributed by atoms with E-state index in [1.807, 2.05) is 18.2 Å². The van der Waals surface area contributed by atoms with Crippen LogP contribution in [0.25, 0.3) is 0 Å². The average molecular weight is 295 g/mol. The van der Waals surface area contributed by atoms with Crippen LogP contribution in [-0.4, -0.2) is 32.0 Å². The molecule has 0 aliphatic carbocycles. The lowest BCUT2D eigenvalue weighted by molar-refractivity contribution is -0.147. The number of aromatic nitrogens is 3. The summed E-state index contributed by atoms with van der Waals surface area (Å²) in [5.74, 6) is -0.462. The fraction of sp³-hybridized carbons (Fsp3) is 0.308. The molecular formula is C13H12F3N5. The molecular weight excluding hydrogens is 283 g/mol. The molecule has 0 fully saturated rings. The minimum atomic E-state index is -4.50. The number of alkyl halides is 3. The van der Waals surface area contributed by atoms with Crippen molar-refractivity contribution in [3.8, 4) is 0 Å². The van der Waals surface area contributed by atoms with Crippen molar-refractivity contribution in [2.24, 2.45) is 0 Å². The highest BCUT2D eigenvalue weighted by Crippen LogP contribution is 2.29. The third-order valence-electron chi connectivity index (χ3n) is 3.37. The molecule has 1 aliphatic heterocycles. The lowest BCUT2D eigenvalue weighted by atomic mass is 10.2. The summed E-state index contributed by atoms with van der Waals surface area (Å²) in [6.07, 6.45) is -4.50. The fourth-order valence-corrected chi connectivity index (χ4v) is 2.34. The van der Waals surface area contributed by atoms with Gasteiger partial charge in [0.1, 0.15) is 5.84 Å². The summed E-state index contributed by atoms with van der Waals surface area (Å²) in [6, 6.07) is 9.07. The number of fused-ring (bicyclic) bond motifs is 1. The number of nitrogens with zero attached hydrogens (tertiary/aromatic N) is 4. The van der Waals surface area contributed by atoms with Crippen molar-refractivity contribution < 1.29 is 13.2 Å². The zero-order valence-corrected chi connectivity index (χ0v) is 10.9. The molecule has 1 N–H and O–H groups in total. The summed E-state index contributed by atoms with van der Waals surface area (Å²) in [7, 11) is 0. The average Bonchev–Trinajstić information content (AvgIpc) is 2.90. The number of halogens is 3. The van der Waals surface area contributed by atoms with Crippen LogP contribution in [0, 0.1) is 5.41 Å². The molecule has 0 radical (unpaired) electrons. The molecule has 5 nitrogen and oxygen atoms in total. The van der Waals surface area contributed by atoms with E-state index >= 15 is 0 Å². The quantitative estimate of drug-likeness (QED) is 0.648. The predicted molar refractivity (Wildman–Crippen MR) is 68.7 cm³/mol. The Labute approximate surface area is 118 Å². The number of hydrogen-bond acceptors (Lipinski definition) is 3. The maximum Gasteiger partial charge on any atom is 0.451 e. The van der Waals surface area contributed by atoms with Gasteiger partial charge in [-0.2, -0.15) is 13.2 Å². The first-order chi connectivity index (χ1) is 9.97. The molecule has 0 saturated heterocycles. The van der Waals surface area contributed by atoms with E-state index in [1.54, 1.807) is 17.0 Å². The van der Waals surface area contributed by atoms with Crippen LogP contribution >= 0.6 is 0 Å². The molecule has 0 spiro atoms. The molecule has 3 rings (SSSR count). The van der Waals surface area contributed by atoms with Crippen LogP contribution in [0.1, 0.15) is 17.2 Å². The summed E-state index contributed by atoms with van der Waals surface area (Å²) in [6.45, 7) is 0.588. The Balaban J connectivity index is 1.83. The summed E-state index contributed by atoms with van der Waals surface area (Å²) in [4.78, 5) is 1.69. The van der Waals surface area contributed by atoms with Crippen LogP contribution in [-0.2, 0) is 19.3 Å². The first-order valence-electron chi connectivity index (χ1n) is 6.35. The minimum absolute atomic E-state index is 0.117. The van der Waals surface area contributed by atoms with Crippen LogP contribution in [0.3, 0.4) is 0 Å². The van der Waals surface area contributed by atoms with Crippen molar-refractivity contribution in [2.45, 2.75) is 19.3 Å². The second-order valence-electron chi connectivity index (χ2n) is 4.73. The summed E-state index contributed by atoms with van der Waals surface area (Å²) < 4.78 is 39.3. The maximum atomic E-state index is 12.8. The Bertz CT molecular complexity index is 662. The van der Waals surface area contributed by atoms with Crippen molar-refractivity contribution in [1.29, 1.82) is 5.41 Å². The molecule has 1 aromatic heterocycles. The van der Waals surface area contributed by atoms with Gasteiger partial charge in [-0.1, -0.05) is 30.3 Å². The molecule has 110 valence electrons. The van der Waals surface area contributed by atoms with Crippen molar-refractivity contribution in [1.82, 2.24) is 19.7 Å². The minimum Gasteiger partial charge on any atom is -0.347 e. The predicted octanol–water partition coefficient (Wildman–Crippen LogP) is 2.14. The lowest BCUT2D eigenvalue weighted by Gasteiger charge is -2.30. The summed E-state index contributed by atoms with van der Waals surface area (Å²) in [5, 5.41) is 15.0. The number of amidine groups is 1. The van der Waals surface area contributed by atoms with Gasteiger partial charge in [0.15, 0.2) is 5.82 Å². The highest BCUT2D eigenvalue weighted by Gasteiger charge is 2.39. The van der Waals surface area contributed by atoms with E-state index < -0.39 is 12.0 Å². The van der Waals surface area contributed by atoms with Gasteiger partial charge >= 0.3 is 6.18 Å². The number of hydrogen-bond donors (Lipinski definition) is 1.